The molecular formula is C19H16N2O6. The van der Waals surface area contributed by atoms with Gasteiger partial charge in [-0.3, -0.25) is 15.0 Å². The predicted octanol–water partition coefficient (Wildman–Crippen LogP) is 1.74. The lowest BCUT2D eigenvalue weighted by Crippen LogP contribution is -2.35. The molecule has 2 aromatic rings. The van der Waals surface area contributed by atoms with Gasteiger partial charge in [0, 0.05) is 0 Å². The molecule has 1 saturated heterocycles. The summed E-state index contributed by atoms with van der Waals surface area (Å²) in [7, 11) is 0. The number of hydrogen-bond acceptors (Lipinski definition) is 6. The summed E-state index contributed by atoms with van der Waals surface area (Å²) in [5.74, 6) is -2.34. The first-order valence-electron chi connectivity index (χ1n) is 8.07. The van der Waals surface area contributed by atoms with Gasteiger partial charge in [0.15, 0.2) is 11.5 Å². The maximum absolute atomic E-state index is 12.6. The van der Waals surface area contributed by atoms with Crippen LogP contribution in [0.2, 0.25) is 0 Å². The first-order chi connectivity index (χ1) is 12.9. The maximum Gasteiger partial charge on any atom is 0.338 e. The van der Waals surface area contributed by atoms with Gasteiger partial charge in [-0.25, -0.2) is 9.80 Å². The number of rotatable bonds is 4. The Morgan fingerprint density at radius 3 is 2.44 bits per heavy atom. The number of hydrogen-bond donors (Lipinski definition) is 3. The molecule has 0 radical (unpaired) electrons. The van der Waals surface area contributed by atoms with Crippen LogP contribution in [0.1, 0.15) is 22.8 Å². The van der Waals surface area contributed by atoms with Crippen molar-refractivity contribution in [3.05, 3.63) is 59.2 Å². The van der Waals surface area contributed by atoms with E-state index >= 15 is 0 Å². The average Bonchev–Trinajstić information content (AvgIpc) is 2.93. The molecule has 0 unspecified atom stereocenters. The van der Waals surface area contributed by atoms with Crippen molar-refractivity contribution < 1.29 is 29.3 Å². The zero-order valence-electron chi connectivity index (χ0n) is 14.3. The van der Waals surface area contributed by atoms with Gasteiger partial charge in [-0.2, -0.15) is 0 Å². The summed E-state index contributed by atoms with van der Waals surface area (Å²) in [4.78, 5) is 36.4. The quantitative estimate of drug-likeness (QED) is 0.328. The van der Waals surface area contributed by atoms with Gasteiger partial charge in [-0.1, -0.05) is 6.07 Å². The molecule has 0 aromatic heterocycles. The van der Waals surface area contributed by atoms with Crippen LogP contribution in [-0.2, 0) is 14.3 Å². The monoisotopic (exact) mass is 368 g/mol. The van der Waals surface area contributed by atoms with E-state index in [9.17, 15) is 24.6 Å². The first kappa shape index (κ1) is 18.0. The normalized spacial score (nSPS) is 15.1. The van der Waals surface area contributed by atoms with Gasteiger partial charge in [0.25, 0.3) is 11.8 Å². The van der Waals surface area contributed by atoms with Crippen molar-refractivity contribution in [2.24, 2.45) is 0 Å². The van der Waals surface area contributed by atoms with Crippen LogP contribution in [0, 0.1) is 0 Å². The molecule has 2 aromatic carbocycles. The summed E-state index contributed by atoms with van der Waals surface area (Å²) in [5.41, 5.74) is 3.39. The molecule has 8 heteroatoms. The number of esters is 1. The summed E-state index contributed by atoms with van der Waals surface area (Å²) in [6.45, 7) is 1.95. The number of benzene rings is 2. The molecule has 2 amide bonds. The Morgan fingerprint density at radius 2 is 1.81 bits per heavy atom. The third kappa shape index (κ3) is 3.59. The highest BCUT2D eigenvalue weighted by molar-refractivity contribution is 6.31. The molecule has 8 nitrogen and oxygen atoms in total. The molecule has 1 fully saturated rings. The largest absolute Gasteiger partial charge is 0.504 e. The number of anilines is 1. The molecule has 3 N–H and O–H groups in total. The maximum atomic E-state index is 12.6. The number of carbonyl (C=O) groups excluding carboxylic acids is 3. The van der Waals surface area contributed by atoms with Crippen molar-refractivity contribution in [1.82, 2.24) is 5.43 Å². The number of phenolic OH excluding ortho intramolecular Hbond substituents is 2. The van der Waals surface area contributed by atoms with Crippen LogP contribution in [0.4, 0.5) is 5.69 Å². The first-order valence-corrected chi connectivity index (χ1v) is 8.07. The molecule has 1 aliphatic rings. The lowest BCUT2D eigenvalue weighted by Gasteiger charge is -2.14. The van der Waals surface area contributed by atoms with E-state index in [0.29, 0.717) is 16.8 Å². The summed E-state index contributed by atoms with van der Waals surface area (Å²) >= 11 is 0. The smallest absolute Gasteiger partial charge is 0.338 e. The average molecular weight is 368 g/mol. The fourth-order valence-corrected chi connectivity index (χ4v) is 2.50. The summed E-state index contributed by atoms with van der Waals surface area (Å²) < 4.78 is 4.90. The summed E-state index contributed by atoms with van der Waals surface area (Å²) in [6, 6.07) is 9.96. The van der Waals surface area contributed by atoms with E-state index in [2.05, 4.69) is 5.43 Å². The van der Waals surface area contributed by atoms with Gasteiger partial charge in [0.2, 0.25) is 0 Å². The van der Waals surface area contributed by atoms with Crippen LogP contribution in [0.25, 0.3) is 6.08 Å². The van der Waals surface area contributed by atoms with E-state index in [-0.39, 0.29) is 23.7 Å². The zero-order valence-corrected chi connectivity index (χ0v) is 14.3. The lowest BCUT2D eigenvalue weighted by molar-refractivity contribution is -0.117. The molecule has 138 valence electrons. The number of carbonyl (C=O) groups is 3. The Labute approximate surface area is 154 Å². The number of ether oxygens (including phenoxy) is 1. The molecule has 0 bridgehead atoms. The highest BCUT2D eigenvalue weighted by Gasteiger charge is 2.34. The Morgan fingerprint density at radius 1 is 1.11 bits per heavy atom. The topological polar surface area (TPSA) is 116 Å². The van der Waals surface area contributed by atoms with Crippen molar-refractivity contribution in [1.29, 1.82) is 0 Å². The van der Waals surface area contributed by atoms with Gasteiger partial charge < -0.3 is 14.9 Å². The van der Waals surface area contributed by atoms with Crippen molar-refractivity contribution in [3.8, 4) is 11.5 Å². The molecule has 0 saturated carbocycles. The molecule has 0 atom stereocenters. The van der Waals surface area contributed by atoms with E-state index in [1.807, 2.05) is 0 Å². The van der Waals surface area contributed by atoms with Gasteiger partial charge in [0.1, 0.15) is 5.57 Å². The third-order valence-electron chi connectivity index (χ3n) is 3.84. The highest BCUT2D eigenvalue weighted by atomic mass is 16.5. The molecule has 1 heterocycles. The van der Waals surface area contributed by atoms with E-state index in [1.165, 1.54) is 48.5 Å². The lowest BCUT2D eigenvalue weighted by atomic mass is 10.1. The minimum atomic E-state index is -0.609. The van der Waals surface area contributed by atoms with Crippen molar-refractivity contribution in [2.45, 2.75) is 6.92 Å². The Balaban J connectivity index is 1.84. The standard InChI is InChI=1S/C19H16N2O6/c1-2-27-19(26)12-4-6-13(7-5-12)21-18(25)14(17(24)20-21)9-11-3-8-15(22)16(23)10-11/h3-10,22-23H,2H2,1H3,(H,20,24)/b14-9+. The number of phenols is 2. The van der Waals surface area contributed by atoms with E-state index < -0.39 is 17.8 Å². The minimum Gasteiger partial charge on any atom is -0.504 e. The predicted molar refractivity (Wildman–Crippen MR) is 95.8 cm³/mol. The molecule has 0 spiro atoms. The number of aromatic hydroxyl groups is 2. The van der Waals surface area contributed by atoms with Crippen LogP contribution in [0.15, 0.2) is 48.0 Å². The second-order valence-electron chi connectivity index (χ2n) is 5.65. The van der Waals surface area contributed by atoms with E-state index in [4.69, 9.17) is 4.74 Å². The second kappa shape index (κ2) is 7.20. The van der Waals surface area contributed by atoms with Crippen LogP contribution in [0.5, 0.6) is 11.5 Å². The van der Waals surface area contributed by atoms with Gasteiger partial charge in [-0.15, -0.1) is 0 Å². The summed E-state index contributed by atoms with van der Waals surface area (Å²) in [5, 5.41) is 19.9. The van der Waals surface area contributed by atoms with Gasteiger partial charge in [0.05, 0.1) is 17.9 Å². The van der Waals surface area contributed by atoms with Crippen molar-refractivity contribution in [2.75, 3.05) is 11.6 Å². The van der Waals surface area contributed by atoms with Crippen LogP contribution < -0.4 is 10.4 Å². The van der Waals surface area contributed by atoms with Crippen molar-refractivity contribution >= 4 is 29.5 Å². The number of amides is 2. The van der Waals surface area contributed by atoms with E-state index in [0.717, 1.165) is 5.01 Å². The summed E-state index contributed by atoms with van der Waals surface area (Å²) in [6.07, 6.45) is 1.31. The minimum absolute atomic E-state index is 0.130. The molecular weight excluding hydrogens is 352 g/mol. The Bertz CT molecular complexity index is 949. The number of nitrogens with zero attached hydrogens (tertiary/aromatic N) is 1. The van der Waals surface area contributed by atoms with E-state index in [1.54, 1.807) is 6.92 Å². The second-order valence-corrected chi connectivity index (χ2v) is 5.65. The third-order valence-corrected chi connectivity index (χ3v) is 3.84. The molecule has 0 aliphatic carbocycles. The van der Waals surface area contributed by atoms with Crippen LogP contribution in [0.3, 0.4) is 0 Å². The molecule has 1 aliphatic heterocycles. The zero-order chi connectivity index (χ0) is 19.6. The Kier molecular flexibility index (Phi) is 4.80. The fraction of sp³-hybridized carbons (Fsp3) is 0.105. The fourth-order valence-electron chi connectivity index (χ4n) is 2.50. The van der Waals surface area contributed by atoms with Gasteiger partial charge in [-0.05, 0) is 55.0 Å². The SMILES string of the molecule is CCOC(=O)c1ccc(N2NC(=O)/C(=C\c3ccc(O)c(O)c3)C2=O)cc1. The number of hydrazine groups is 1. The molecule has 27 heavy (non-hydrogen) atoms. The van der Waals surface area contributed by atoms with Gasteiger partial charge >= 0.3 is 5.97 Å². The molecule has 3 rings (SSSR count). The Hall–Kier alpha value is -3.81. The van der Waals surface area contributed by atoms with Crippen molar-refractivity contribution in [3.63, 3.8) is 0 Å². The van der Waals surface area contributed by atoms with Crippen LogP contribution >= 0.6 is 0 Å². The highest BCUT2D eigenvalue weighted by Crippen LogP contribution is 2.27. The number of nitrogens with one attached hydrogen (secondary N) is 1. The van der Waals surface area contributed by atoms with Crippen LogP contribution in [-0.4, -0.2) is 34.6 Å².